The van der Waals surface area contributed by atoms with Crippen LogP contribution in [0.3, 0.4) is 0 Å². The first kappa shape index (κ1) is 16.8. The molecule has 3 rings (SSSR count). The second kappa shape index (κ2) is 8.73. The summed E-state index contributed by atoms with van der Waals surface area (Å²) >= 11 is 0. The number of nitrogens with two attached hydrogens (primary N) is 1. The predicted octanol–water partition coefficient (Wildman–Crippen LogP) is 2.85. The van der Waals surface area contributed by atoms with Crippen LogP contribution in [0.25, 0.3) is 0 Å². The van der Waals surface area contributed by atoms with E-state index in [-0.39, 0.29) is 6.04 Å². The van der Waals surface area contributed by atoms with Crippen LogP contribution in [0, 0.1) is 11.8 Å². The third-order valence-electron chi connectivity index (χ3n) is 5.32. The summed E-state index contributed by atoms with van der Waals surface area (Å²) in [6.07, 6.45) is 13.3. The van der Waals surface area contributed by atoms with Gasteiger partial charge in [-0.05, 0) is 42.7 Å². The van der Waals surface area contributed by atoms with Gasteiger partial charge in [0.2, 0.25) is 0 Å². The third-order valence-corrected chi connectivity index (χ3v) is 5.32. The molecule has 0 bridgehead atoms. The second-order valence-corrected chi connectivity index (χ2v) is 7.35. The number of aromatic nitrogens is 4. The van der Waals surface area contributed by atoms with Gasteiger partial charge in [-0.15, -0.1) is 10.2 Å². The molecule has 0 spiro atoms. The Hall–Kier alpha value is -1.01. The average molecular weight is 321 g/mol. The van der Waals surface area contributed by atoms with E-state index in [1.165, 1.54) is 64.2 Å². The quantitative estimate of drug-likeness (QED) is 0.835. The van der Waals surface area contributed by atoms with Crippen LogP contribution in [0.4, 0.5) is 0 Å². The first-order chi connectivity index (χ1) is 11.3. The SMILES string of the molecule is N[C@H](COCC1CCCCC1)c1nnn(CC2CCCCC2)n1. The molecular formula is C17H31N5O. The van der Waals surface area contributed by atoms with Gasteiger partial charge in [-0.1, -0.05) is 38.5 Å². The van der Waals surface area contributed by atoms with Crippen LogP contribution >= 0.6 is 0 Å². The Kier molecular flexibility index (Phi) is 6.39. The Bertz CT molecular complexity index is 452. The first-order valence-electron chi connectivity index (χ1n) is 9.42. The molecule has 1 heterocycles. The number of nitrogens with zero attached hydrogens (tertiary/aromatic N) is 4. The van der Waals surface area contributed by atoms with Gasteiger partial charge in [0.25, 0.3) is 0 Å². The molecule has 0 saturated heterocycles. The zero-order chi connectivity index (χ0) is 15.9. The number of hydrogen-bond acceptors (Lipinski definition) is 5. The number of tetrazole rings is 1. The molecular weight excluding hydrogens is 290 g/mol. The normalized spacial score (nSPS) is 22.3. The van der Waals surface area contributed by atoms with E-state index in [2.05, 4.69) is 15.4 Å². The number of rotatable bonds is 7. The maximum atomic E-state index is 6.15. The lowest BCUT2D eigenvalue weighted by molar-refractivity contribution is 0.0745. The van der Waals surface area contributed by atoms with Crippen molar-refractivity contribution in [2.45, 2.75) is 76.8 Å². The third kappa shape index (κ3) is 5.24. The lowest BCUT2D eigenvalue weighted by Crippen LogP contribution is -2.22. The van der Waals surface area contributed by atoms with Crippen LogP contribution < -0.4 is 5.73 Å². The zero-order valence-electron chi connectivity index (χ0n) is 14.2. The molecule has 0 aromatic carbocycles. The highest BCUT2D eigenvalue weighted by Crippen LogP contribution is 2.25. The number of ether oxygens (including phenoxy) is 1. The minimum atomic E-state index is -0.265. The van der Waals surface area contributed by atoms with Crippen LogP contribution in [-0.2, 0) is 11.3 Å². The topological polar surface area (TPSA) is 78.9 Å². The van der Waals surface area contributed by atoms with Crippen molar-refractivity contribution in [3.63, 3.8) is 0 Å². The van der Waals surface area contributed by atoms with E-state index in [1.54, 1.807) is 4.80 Å². The summed E-state index contributed by atoms with van der Waals surface area (Å²) < 4.78 is 5.81. The van der Waals surface area contributed by atoms with Gasteiger partial charge in [-0.3, -0.25) is 0 Å². The standard InChI is InChI=1S/C17H31N5O/c18-16(13-23-12-15-9-5-2-6-10-15)17-19-21-22(20-17)11-14-7-3-1-4-8-14/h14-16H,1-13,18H2/t16-/m1/s1. The molecule has 2 aliphatic carbocycles. The van der Waals surface area contributed by atoms with E-state index in [1.807, 2.05) is 0 Å². The monoisotopic (exact) mass is 321 g/mol. The van der Waals surface area contributed by atoms with Gasteiger partial charge < -0.3 is 10.5 Å². The summed E-state index contributed by atoms with van der Waals surface area (Å²) in [4.78, 5) is 1.73. The maximum absolute atomic E-state index is 6.15. The van der Waals surface area contributed by atoms with Crippen molar-refractivity contribution in [2.24, 2.45) is 17.6 Å². The van der Waals surface area contributed by atoms with Crippen molar-refractivity contribution < 1.29 is 4.74 Å². The second-order valence-electron chi connectivity index (χ2n) is 7.35. The smallest absolute Gasteiger partial charge is 0.193 e. The Morgan fingerprint density at radius 2 is 1.65 bits per heavy atom. The summed E-state index contributed by atoms with van der Waals surface area (Å²) in [6.45, 7) is 2.19. The molecule has 2 N–H and O–H groups in total. The molecule has 2 saturated carbocycles. The molecule has 1 atom stereocenters. The lowest BCUT2D eigenvalue weighted by Gasteiger charge is -2.21. The predicted molar refractivity (Wildman–Crippen MR) is 88.7 cm³/mol. The van der Waals surface area contributed by atoms with E-state index in [0.29, 0.717) is 24.3 Å². The molecule has 1 aromatic heterocycles. The molecule has 0 aliphatic heterocycles. The van der Waals surface area contributed by atoms with Gasteiger partial charge >= 0.3 is 0 Å². The Morgan fingerprint density at radius 3 is 2.35 bits per heavy atom. The van der Waals surface area contributed by atoms with Crippen LogP contribution in [0.15, 0.2) is 0 Å². The molecule has 23 heavy (non-hydrogen) atoms. The highest BCUT2D eigenvalue weighted by atomic mass is 16.5. The highest BCUT2D eigenvalue weighted by molar-refractivity contribution is 4.87. The largest absolute Gasteiger partial charge is 0.379 e. The fourth-order valence-corrected chi connectivity index (χ4v) is 3.87. The average Bonchev–Trinajstić information content (AvgIpc) is 3.05. The summed E-state index contributed by atoms with van der Waals surface area (Å²) in [6, 6.07) is -0.265. The number of hydrogen-bond donors (Lipinski definition) is 1. The molecule has 130 valence electrons. The van der Waals surface area contributed by atoms with Gasteiger partial charge in [-0.25, -0.2) is 0 Å². The molecule has 0 radical (unpaired) electrons. The Balaban J connectivity index is 1.39. The molecule has 6 nitrogen and oxygen atoms in total. The van der Waals surface area contributed by atoms with Crippen LogP contribution in [0.1, 0.15) is 76.1 Å². The molecule has 2 aliphatic rings. The minimum Gasteiger partial charge on any atom is -0.379 e. The summed E-state index contributed by atoms with van der Waals surface area (Å²) in [7, 11) is 0. The van der Waals surface area contributed by atoms with Gasteiger partial charge in [0.1, 0.15) is 0 Å². The van der Waals surface area contributed by atoms with Crippen molar-refractivity contribution in [1.82, 2.24) is 20.2 Å². The molecule has 0 amide bonds. The van der Waals surface area contributed by atoms with Crippen molar-refractivity contribution in [1.29, 1.82) is 0 Å². The fourth-order valence-electron chi connectivity index (χ4n) is 3.87. The van der Waals surface area contributed by atoms with Crippen LogP contribution in [0.2, 0.25) is 0 Å². The van der Waals surface area contributed by atoms with Gasteiger partial charge in [-0.2, -0.15) is 4.80 Å². The zero-order valence-corrected chi connectivity index (χ0v) is 14.2. The van der Waals surface area contributed by atoms with Crippen molar-refractivity contribution >= 4 is 0 Å². The lowest BCUT2D eigenvalue weighted by atomic mass is 9.89. The fraction of sp³-hybridized carbons (Fsp3) is 0.941. The van der Waals surface area contributed by atoms with E-state index in [4.69, 9.17) is 10.5 Å². The van der Waals surface area contributed by atoms with E-state index in [0.717, 1.165) is 13.2 Å². The van der Waals surface area contributed by atoms with Crippen molar-refractivity contribution in [3.05, 3.63) is 5.82 Å². The maximum Gasteiger partial charge on any atom is 0.193 e. The molecule has 0 unspecified atom stereocenters. The van der Waals surface area contributed by atoms with Crippen molar-refractivity contribution in [3.8, 4) is 0 Å². The summed E-state index contributed by atoms with van der Waals surface area (Å²) in [5, 5.41) is 12.8. The van der Waals surface area contributed by atoms with Crippen LogP contribution in [-0.4, -0.2) is 33.4 Å². The van der Waals surface area contributed by atoms with E-state index >= 15 is 0 Å². The molecule has 1 aromatic rings. The first-order valence-corrected chi connectivity index (χ1v) is 9.42. The van der Waals surface area contributed by atoms with E-state index in [9.17, 15) is 0 Å². The Labute approximate surface area is 139 Å². The van der Waals surface area contributed by atoms with Gasteiger partial charge in [0, 0.05) is 6.61 Å². The molecule has 6 heteroatoms. The highest BCUT2D eigenvalue weighted by Gasteiger charge is 2.19. The summed E-state index contributed by atoms with van der Waals surface area (Å²) in [5.41, 5.74) is 6.15. The van der Waals surface area contributed by atoms with E-state index < -0.39 is 0 Å². The van der Waals surface area contributed by atoms with Crippen molar-refractivity contribution in [2.75, 3.05) is 13.2 Å². The van der Waals surface area contributed by atoms with Gasteiger partial charge in [0.05, 0.1) is 19.2 Å². The summed E-state index contributed by atoms with van der Waals surface area (Å²) in [5.74, 6) is 2.03. The van der Waals surface area contributed by atoms with Crippen LogP contribution in [0.5, 0.6) is 0 Å². The van der Waals surface area contributed by atoms with Gasteiger partial charge in [0.15, 0.2) is 5.82 Å². The molecule has 2 fully saturated rings. The minimum absolute atomic E-state index is 0.265. The Morgan fingerprint density at radius 1 is 1.00 bits per heavy atom.